The number of fused-ring (bicyclic) bond motifs is 2. The van der Waals surface area contributed by atoms with Crippen LogP contribution >= 0.6 is 27.3 Å². The number of likely N-dealkylation sites (N-methyl/N-ethyl adjacent to an activating group) is 1. The monoisotopic (exact) mass is 609 g/mol. The fourth-order valence-corrected chi connectivity index (χ4v) is 6.61. The van der Waals surface area contributed by atoms with Crippen LogP contribution in [0.3, 0.4) is 0 Å². The Morgan fingerprint density at radius 2 is 1.92 bits per heavy atom. The van der Waals surface area contributed by atoms with Crippen molar-refractivity contribution in [1.29, 1.82) is 0 Å². The fourth-order valence-electron chi connectivity index (χ4n) is 5.14. The summed E-state index contributed by atoms with van der Waals surface area (Å²) < 4.78 is 13.5. The molecule has 0 saturated heterocycles. The predicted octanol–water partition coefficient (Wildman–Crippen LogP) is 4.09. The molecular formula is C29H28BrN3O5S. The minimum Gasteiger partial charge on any atom is -0.497 e. The summed E-state index contributed by atoms with van der Waals surface area (Å²) in [5.74, 6) is -0.149. The van der Waals surface area contributed by atoms with Gasteiger partial charge in [0.2, 0.25) is 0 Å². The maximum Gasteiger partial charge on any atom is 0.338 e. The Kier molecular flexibility index (Phi) is 7.59. The average Bonchev–Trinajstić information content (AvgIpc) is 3.39. The number of allylic oxidation sites excluding steroid dienone is 1. The van der Waals surface area contributed by atoms with Gasteiger partial charge in [0, 0.05) is 16.6 Å². The van der Waals surface area contributed by atoms with E-state index in [9.17, 15) is 14.4 Å². The number of halogens is 1. The molecule has 2 aliphatic heterocycles. The molecular weight excluding hydrogens is 582 g/mol. The first-order valence-corrected chi connectivity index (χ1v) is 14.5. The summed E-state index contributed by atoms with van der Waals surface area (Å²) in [6.45, 7) is 6.31. The first-order valence-electron chi connectivity index (χ1n) is 12.8. The van der Waals surface area contributed by atoms with Gasteiger partial charge in [0.1, 0.15) is 10.3 Å². The molecule has 1 atom stereocenters. The number of rotatable bonds is 7. The van der Waals surface area contributed by atoms with Crippen LogP contribution in [0.1, 0.15) is 50.8 Å². The predicted molar refractivity (Wildman–Crippen MR) is 154 cm³/mol. The Morgan fingerprint density at radius 1 is 1.13 bits per heavy atom. The molecule has 1 aromatic heterocycles. The molecule has 5 rings (SSSR count). The highest BCUT2D eigenvalue weighted by molar-refractivity contribution is 9.10. The molecule has 2 aliphatic rings. The number of anilines is 1. The average molecular weight is 611 g/mol. The van der Waals surface area contributed by atoms with Crippen LogP contribution in [0.25, 0.3) is 5.57 Å². The molecule has 39 heavy (non-hydrogen) atoms. The zero-order chi connectivity index (χ0) is 27.8. The van der Waals surface area contributed by atoms with Gasteiger partial charge < -0.3 is 14.4 Å². The molecule has 10 heteroatoms. The maximum absolute atomic E-state index is 14.3. The topological polar surface area (TPSA) is 90.2 Å². The molecule has 0 saturated carbocycles. The third kappa shape index (κ3) is 4.55. The number of carbonyl (C=O) groups excluding carboxylic acids is 2. The molecule has 0 N–H and O–H groups in total. The Morgan fingerprint density at radius 3 is 2.62 bits per heavy atom. The lowest BCUT2D eigenvalue weighted by molar-refractivity contribution is -0.139. The number of thiazole rings is 1. The number of esters is 1. The summed E-state index contributed by atoms with van der Waals surface area (Å²) in [7, 11) is 1.57. The van der Waals surface area contributed by atoms with E-state index in [0.717, 1.165) is 16.6 Å². The lowest BCUT2D eigenvalue weighted by atomic mass is 9.94. The summed E-state index contributed by atoms with van der Waals surface area (Å²) in [6, 6.07) is 12.1. The van der Waals surface area contributed by atoms with E-state index in [-0.39, 0.29) is 18.1 Å². The summed E-state index contributed by atoms with van der Waals surface area (Å²) in [6.07, 6.45) is 1.28. The van der Waals surface area contributed by atoms with Crippen LogP contribution < -0.4 is 24.5 Å². The van der Waals surface area contributed by atoms with E-state index in [1.807, 2.05) is 50.2 Å². The molecule has 0 aliphatic carbocycles. The largest absolute Gasteiger partial charge is 0.497 e. The van der Waals surface area contributed by atoms with E-state index in [1.54, 1.807) is 25.0 Å². The minimum absolute atomic E-state index is 0.189. The number of nitrogens with zero attached hydrogens (tertiary/aromatic N) is 3. The van der Waals surface area contributed by atoms with Gasteiger partial charge >= 0.3 is 5.97 Å². The van der Waals surface area contributed by atoms with Crippen molar-refractivity contribution in [3.8, 4) is 5.75 Å². The van der Waals surface area contributed by atoms with Crippen molar-refractivity contribution in [3.05, 3.63) is 89.0 Å². The van der Waals surface area contributed by atoms with E-state index in [4.69, 9.17) is 14.5 Å². The number of methoxy groups -OCH3 is 1. The van der Waals surface area contributed by atoms with Crippen molar-refractivity contribution in [1.82, 2.24) is 4.57 Å². The van der Waals surface area contributed by atoms with E-state index in [2.05, 4.69) is 15.9 Å². The van der Waals surface area contributed by atoms with Gasteiger partial charge in [-0.15, -0.1) is 0 Å². The highest BCUT2D eigenvalue weighted by Gasteiger charge is 2.37. The van der Waals surface area contributed by atoms with E-state index < -0.39 is 12.0 Å². The molecule has 1 amide bonds. The second-order valence-electron chi connectivity index (χ2n) is 9.10. The van der Waals surface area contributed by atoms with Crippen LogP contribution in [-0.2, 0) is 14.3 Å². The first kappa shape index (κ1) is 27.1. The van der Waals surface area contributed by atoms with Gasteiger partial charge in [0.25, 0.3) is 11.5 Å². The molecule has 202 valence electrons. The highest BCUT2D eigenvalue weighted by Crippen LogP contribution is 2.38. The smallest absolute Gasteiger partial charge is 0.338 e. The van der Waals surface area contributed by atoms with Crippen molar-refractivity contribution in [2.75, 3.05) is 25.2 Å². The summed E-state index contributed by atoms with van der Waals surface area (Å²) in [4.78, 5) is 48.2. The number of hydrogen-bond acceptors (Lipinski definition) is 7. The third-order valence-corrected chi connectivity index (χ3v) is 8.35. The summed E-state index contributed by atoms with van der Waals surface area (Å²) in [5, 5.41) is 0. The Balaban J connectivity index is 1.86. The van der Waals surface area contributed by atoms with E-state index >= 15 is 0 Å². The number of aromatic nitrogens is 1. The molecule has 0 bridgehead atoms. The number of hydrogen-bond donors (Lipinski definition) is 0. The molecule has 0 unspecified atom stereocenters. The normalized spacial score (nSPS) is 17.6. The number of benzene rings is 2. The van der Waals surface area contributed by atoms with Gasteiger partial charge in [-0.2, -0.15) is 0 Å². The summed E-state index contributed by atoms with van der Waals surface area (Å²) in [5.41, 5.74) is 3.02. The van der Waals surface area contributed by atoms with Crippen LogP contribution in [0.5, 0.6) is 5.75 Å². The highest BCUT2D eigenvalue weighted by atomic mass is 79.9. The molecule has 0 fully saturated rings. The standard InChI is InChI=1S/C29H28BrN3O5S/c1-5-9-20-23(28(36)38-7-3)24(16-10-8-11-18(14-16)37-4)33-27(35)25(39-29(33)31-20)22-19-15-17(30)12-13-21(19)32(6-2)26(22)34/h8,10-15,24H,5-7,9H2,1-4H3/b25-22+/t24-/m0/s1. The third-order valence-electron chi connectivity index (χ3n) is 6.80. The molecule has 3 aromatic rings. The Bertz CT molecular complexity index is 1700. The number of amides is 1. The van der Waals surface area contributed by atoms with Crippen molar-refractivity contribution in [2.45, 2.75) is 39.7 Å². The maximum atomic E-state index is 14.3. The van der Waals surface area contributed by atoms with Crippen LogP contribution in [-0.4, -0.2) is 36.7 Å². The molecule has 0 spiro atoms. The zero-order valence-corrected chi connectivity index (χ0v) is 24.5. The SMILES string of the molecule is CCCC1=C(C(=O)OCC)[C@H](c2cccc(OC)c2)n2c(s/c(=C3/C(=O)N(CC)c4ccc(Br)cc43)c2=O)=N1. The van der Waals surface area contributed by atoms with Crippen molar-refractivity contribution >= 4 is 50.4 Å². The number of carbonyl (C=O) groups is 2. The zero-order valence-electron chi connectivity index (χ0n) is 22.1. The van der Waals surface area contributed by atoms with Gasteiger partial charge in [-0.05, 0) is 56.2 Å². The van der Waals surface area contributed by atoms with Crippen molar-refractivity contribution in [2.24, 2.45) is 4.99 Å². The van der Waals surface area contributed by atoms with Crippen LogP contribution in [0, 0.1) is 0 Å². The lowest BCUT2D eigenvalue weighted by Crippen LogP contribution is -2.41. The second kappa shape index (κ2) is 10.9. The van der Waals surface area contributed by atoms with Gasteiger partial charge in [0.05, 0.1) is 42.3 Å². The van der Waals surface area contributed by atoms with Crippen LogP contribution in [0.2, 0.25) is 0 Å². The van der Waals surface area contributed by atoms with Gasteiger partial charge in [0.15, 0.2) is 4.80 Å². The lowest BCUT2D eigenvalue weighted by Gasteiger charge is -2.26. The van der Waals surface area contributed by atoms with Crippen molar-refractivity contribution in [3.63, 3.8) is 0 Å². The van der Waals surface area contributed by atoms with Gasteiger partial charge in [-0.3, -0.25) is 14.2 Å². The Labute approximate surface area is 238 Å². The fraction of sp³-hybridized carbons (Fsp3) is 0.310. The van der Waals surface area contributed by atoms with Crippen LogP contribution in [0.4, 0.5) is 5.69 Å². The molecule has 3 heterocycles. The molecule has 8 nitrogen and oxygen atoms in total. The number of ether oxygens (including phenoxy) is 2. The van der Waals surface area contributed by atoms with Gasteiger partial charge in [-0.1, -0.05) is 52.7 Å². The molecule has 2 aromatic carbocycles. The van der Waals surface area contributed by atoms with E-state index in [0.29, 0.717) is 56.0 Å². The molecule has 0 radical (unpaired) electrons. The first-order chi connectivity index (χ1) is 18.8. The van der Waals surface area contributed by atoms with Gasteiger partial charge in [-0.25, -0.2) is 9.79 Å². The minimum atomic E-state index is -0.785. The quantitative estimate of drug-likeness (QED) is 0.376. The summed E-state index contributed by atoms with van der Waals surface area (Å²) >= 11 is 4.68. The van der Waals surface area contributed by atoms with E-state index in [1.165, 1.54) is 15.9 Å². The van der Waals surface area contributed by atoms with Crippen molar-refractivity contribution < 1.29 is 19.1 Å². The Hall–Kier alpha value is -3.50. The second-order valence-corrected chi connectivity index (χ2v) is 11.0. The van der Waals surface area contributed by atoms with Crippen LogP contribution in [0.15, 0.2) is 68.0 Å².